The molecule has 0 aliphatic carbocycles. The van der Waals surface area contributed by atoms with Crippen LogP contribution in [-0.4, -0.2) is 124 Å². The Balaban J connectivity index is 6.28. The van der Waals surface area contributed by atoms with E-state index in [0.717, 1.165) is 0 Å². The molecule has 0 radical (unpaired) electrons. The van der Waals surface area contributed by atoms with Gasteiger partial charge in [0.15, 0.2) is 5.96 Å². The molecule has 0 fully saturated rings. The van der Waals surface area contributed by atoms with E-state index in [-0.39, 0.29) is 55.9 Å². The Morgan fingerprint density at radius 2 is 1.04 bits per heavy atom. The van der Waals surface area contributed by atoms with E-state index in [9.17, 15) is 48.9 Å². The second-order valence-corrected chi connectivity index (χ2v) is 15.8. The van der Waals surface area contributed by atoms with E-state index in [1.165, 1.54) is 6.92 Å². The highest BCUT2D eigenvalue weighted by Crippen LogP contribution is 2.13. The average molecular weight is 815 g/mol. The van der Waals surface area contributed by atoms with Gasteiger partial charge in [0, 0.05) is 6.54 Å². The van der Waals surface area contributed by atoms with Crippen LogP contribution in [0.2, 0.25) is 0 Å². The number of carboxylic acid groups (broad SMARTS) is 1. The van der Waals surface area contributed by atoms with E-state index in [4.69, 9.17) is 17.2 Å². The minimum Gasteiger partial charge on any atom is -0.480 e. The molecule has 6 amide bonds. The van der Waals surface area contributed by atoms with Crippen molar-refractivity contribution in [2.24, 2.45) is 45.9 Å². The number of nitrogens with one attached hydrogen (secondary N) is 6. The maximum atomic E-state index is 13.8. The fraction of sp³-hybridized carbons (Fsp3) is 0.784. The lowest BCUT2D eigenvalue weighted by molar-refractivity contribution is -0.143. The first-order valence-electron chi connectivity index (χ1n) is 19.6. The van der Waals surface area contributed by atoms with Crippen LogP contribution in [0.4, 0.5) is 0 Å². The van der Waals surface area contributed by atoms with Gasteiger partial charge in [0.2, 0.25) is 35.4 Å². The molecule has 15 N–H and O–H groups in total. The van der Waals surface area contributed by atoms with Gasteiger partial charge in [0.1, 0.15) is 36.3 Å². The average Bonchev–Trinajstić information content (AvgIpc) is 3.10. The summed E-state index contributed by atoms with van der Waals surface area (Å²) in [6.45, 7) is 14.9. The lowest BCUT2D eigenvalue weighted by Crippen LogP contribution is -2.62. The summed E-state index contributed by atoms with van der Waals surface area (Å²) in [6, 6.07) is -9.05. The van der Waals surface area contributed by atoms with E-state index >= 15 is 0 Å². The lowest BCUT2D eigenvalue weighted by atomic mass is 9.96. The van der Waals surface area contributed by atoms with Crippen LogP contribution in [0.1, 0.15) is 101 Å². The number of rotatable bonds is 27. The van der Waals surface area contributed by atoms with Gasteiger partial charge in [-0.1, -0.05) is 61.8 Å². The lowest BCUT2D eigenvalue weighted by Gasteiger charge is -2.30. The Hall–Kier alpha value is -4.56. The third-order valence-electron chi connectivity index (χ3n) is 8.97. The number of carbonyl (C=O) groups excluding carboxylic acids is 6. The van der Waals surface area contributed by atoms with Gasteiger partial charge in [-0.2, -0.15) is 0 Å². The molecule has 0 rings (SSSR count). The van der Waals surface area contributed by atoms with Crippen molar-refractivity contribution in [3.63, 3.8) is 0 Å². The minimum absolute atomic E-state index is 0.0388. The zero-order valence-corrected chi connectivity index (χ0v) is 35.0. The maximum absolute atomic E-state index is 13.8. The van der Waals surface area contributed by atoms with Gasteiger partial charge in [-0.15, -0.1) is 0 Å². The second-order valence-electron chi connectivity index (χ2n) is 15.8. The van der Waals surface area contributed by atoms with Crippen LogP contribution in [0.3, 0.4) is 0 Å². The fourth-order valence-corrected chi connectivity index (χ4v) is 5.67. The Kier molecular flexibility index (Phi) is 24.3. The number of hydrogen-bond acceptors (Lipinski definition) is 11. The third-order valence-corrected chi connectivity index (χ3v) is 8.97. The van der Waals surface area contributed by atoms with Gasteiger partial charge >= 0.3 is 5.97 Å². The van der Waals surface area contributed by atoms with Crippen molar-refractivity contribution in [2.45, 2.75) is 149 Å². The highest BCUT2D eigenvalue weighted by atomic mass is 16.4. The number of nitrogens with zero attached hydrogens (tertiary/aromatic N) is 1. The third kappa shape index (κ3) is 20.4. The number of amides is 6. The Morgan fingerprint density at radius 3 is 1.51 bits per heavy atom. The summed E-state index contributed by atoms with van der Waals surface area (Å²) in [4.78, 5) is 96.0. The van der Waals surface area contributed by atoms with Crippen LogP contribution in [0.25, 0.3) is 0 Å². The molecule has 0 aromatic rings. The van der Waals surface area contributed by atoms with Gasteiger partial charge in [-0.25, -0.2) is 4.79 Å². The maximum Gasteiger partial charge on any atom is 0.326 e. The molecular weight excluding hydrogens is 744 g/mol. The molecule has 0 heterocycles. The highest BCUT2D eigenvalue weighted by molar-refractivity contribution is 5.97. The van der Waals surface area contributed by atoms with Gasteiger partial charge in [0.05, 0.1) is 18.8 Å². The number of guanidine groups is 1. The molecule has 0 aromatic heterocycles. The Bertz CT molecular complexity index is 1360. The van der Waals surface area contributed by atoms with Crippen LogP contribution in [-0.2, 0) is 33.6 Å². The summed E-state index contributed by atoms with van der Waals surface area (Å²) in [5.74, 6) is -7.04. The first-order chi connectivity index (χ1) is 26.4. The fourth-order valence-electron chi connectivity index (χ4n) is 5.67. The zero-order valence-electron chi connectivity index (χ0n) is 35.0. The van der Waals surface area contributed by atoms with Crippen molar-refractivity contribution in [3.05, 3.63) is 0 Å². The number of nitrogens with two attached hydrogens (primary N) is 3. The number of aliphatic carboxylic acids is 1. The number of aliphatic hydroxyl groups excluding tert-OH is 2. The molecule has 9 atom stereocenters. The van der Waals surface area contributed by atoms with Gasteiger partial charge in [-0.3, -0.25) is 33.8 Å². The summed E-state index contributed by atoms with van der Waals surface area (Å²) in [7, 11) is 0. The summed E-state index contributed by atoms with van der Waals surface area (Å²) in [5, 5.41) is 45.2. The molecule has 57 heavy (non-hydrogen) atoms. The molecule has 0 aliphatic heterocycles. The number of aliphatic hydroxyl groups is 2. The second kappa shape index (κ2) is 26.4. The molecule has 20 heteroatoms. The molecule has 328 valence electrons. The van der Waals surface area contributed by atoms with Crippen LogP contribution in [0, 0.1) is 23.7 Å². The summed E-state index contributed by atoms with van der Waals surface area (Å²) in [6.07, 6.45) is -0.426. The van der Waals surface area contributed by atoms with Crippen molar-refractivity contribution in [2.75, 3.05) is 13.2 Å². The number of aliphatic imine (C=N–C) groups is 1. The van der Waals surface area contributed by atoms with E-state index in [1.807, 2.05) is 13.8 Å². The summed E-state index contributed by atoms with van der Waals surface area (Å²) < 4.78 is 0. The first kappa shape index (κ1) is 52.4. The predicted octanol–water partition coefficient (Wildman–Crippen LogP) is -2.08. The molecular formula is C37H70N10O10. The SMILES string of the molecule is CCC(C)C(NC(=O)C(CC(C)C)NC(=O)C(CO)NC(=O)C(N)CC(C)C)C(=O)NC(C(=O)NC(CCCN=C(N)N)C(=O)NC(CC(C)C)C(=O)O)C(C)O. The van der Waals surface area contributed by atoms with E-state index < -0.39 is 102 Å². The predicted molar refractivity (Wildman–Crippen MR) is 214 cm³/mol. The summed E-state index contributed by atoms with van der Waals surface area (Å²) >= 11 is 0. The largest absolute Gasteiger partial charge is 0.480 e. The molecule has 0 saturated heterocycles. The van der Waals surface area contributed by atoms with Crippen molar-refractivity contribution < 1.29 is 48.9 Å². The monoisotopic (exact) mass is 815 g/mol. The molecule has 0 saturated carbocycles. The van der Waals surface area contributed by atoms with Crippen molar-refractivity contribution >= 4 is 47.4 Å². The number of carbonyl (C=O) groups is 7. The molecule has 20 nitrogen and oxygen atoms in total. The van der Waals surface area contributed by atoms with E-state index in [0.29, 0.717) is 12.8 Å². The van der Waals surface area contributed by atoms with Gasteiger partial charge in [-0.05, 0) is 62.7 Å². The Labute approximate surface area is 336 Å². The molecule has 0 bridgehead atoms. The van der Waals surface area contributed by atoms with Crippen LogP contribution in [0.15, 0.2) is 4.99 Å². The van der Waals surface area contributed by atoms with Crippen molar-refractivity contribution in [3.8, 4) is 0 Å². The van der Waals surface area contributed by atoms with Crippen LogP contribution in [0.5, 0.6) is 0 Å². The van der Waals surface area contributed by atoms with Crippen LogP contribution >= 0.6 is 0 Å². The van der Waals surface area contributed by atoms with Crippen molar-refractivity contribution in [1.29, 1.82) is 0 Å². The van der Waals surface area contributed by atoms with Gasteiger partial charge in [0.25, 0.3) is 0 Å². The molecule has 0 aromatic carbocycles. The first-order valence-corrected chi connectivity index (χ1v) is 19.6. The molecule has 9 unspecified atom stereocenters. The minimum atomic E-state index is -1.64. The smallest absolute Gasteiger partial charge is 0.326 e. The highest BCUT2D eigenvalue weighted by Gasteiger charge is 2.36. The quantitative estimate of drug-likeness (QED) is 0.0241. The summed E-state index contributed by atoms with van der Waals surface area (Å²) in [5.41, 5.74) is 16.7. The van der Waals surface area contributed by atoms with Crippen molar-refractivity contribution in [1.82, 2.24) is 31.9 Å². The van der Waals surface area contributed by atoms with E-state index in [2.05, 4.69) is 36.9 Å². The standard InChI is InChI=1S/C37H70N10O10/c1-10-21(8)28(46-32(52)25(15-19(4)5)43-33(53)27(17-48)45-30(50)23(38)14-18(2)3)34(54)47-29(22(9)49)35(55)42-24(12-11-13-41-37(39)40)31(51)44-26(36(56)57)16-20(6)7/h18-29,48-49H,10-17,38H2,1-9H3,(H,42,55)(H,43,53)(H,44,51)(H,45,50)(H,46,52)(H,47,54)(H,56,57)(H4,39,40,41). The normalized spacial score (nSPS) is 16.1. The number of carboxylic acids is 1. The van der Waals surface area contributed by atoms with E-state index in [1.54, 1.807) is 41.5 Å². The topological polar surface area (TPSA) is 343 Å². The van der Waals surface area contributed by atoms with Gasteiger partial charge < -0.3 is 64.4 Å². The Morgan fingerprint density at radius 1 is 0.596 bits per heavy atom. The zero-order chi connectivity index (χ0) is 44.2. The number of hydrogen-bond donors (Lipinski definition) is 12. The molecule has 0 aliphatic rings. The van der Waals surface area contributed by atoms with Crippen LogP contribution < -0.4 is 49.1 Å². The molecule has 0 spiro atoms.